The summed E-state index contributed by atoms with van der Waals surface area (Å²) in [5, 5.41) is 5.13. The molecule has 5 heteroatoms. The van der Waals surface area contributed by atoms with Crippen LogP contribution < -0.4 is 10.1 Å². The van der Waals surface area contributed by atoms with Gasteiger partial charge in [0.05, 0.1) is 19.0 Å². The highest BCUT2D eigenvalue weighted by Gasteiger charge is 2.39. The first-order chi connectivity index (χ1) is 12.7. The van der Waals surface area contributed by atoms with Gasteiger partial charge in [0.1, 0.15) is 0 Å². The number of aromatic nitrogens is 2. The maximum Gasteiger partial charge on any atom is 0.213 e. The number of aromatic amines is 1. The number of likely N-dealkylation sites (N-methyl/N-ethyl adjacent to an activating group) is 1. The van der Waals surface area contributed by atoms with E-state index >= 15 is 0 Å². The molecule has 5 rings (SSSR count). The van der Waals surface area contributed by atoms with Crippen molar-refractivity contribution >= 4 is 16.6 Å². The van der Waals surface area contributed by atoms with E-state index in [0.29, 0.717) is 23.9 Å². The highest BCUT2D eigenvalue weighted by Crippen LogP contribution is 2.43. The molecule has 5 nitrogen and oxygen atoms in total. The number of nitrogens with one attached hydrogen (secondary N) is 2. The van der Waals surface area contributed by atoms with Crippen LogP contribution in [-0.4, -0.2) is 47.7 Å². The van der Waals surface area contributed by atoms with Crippen molar-refractivity contribution < 1.29 is 4.74 Å². The van der Waals surface area contributed by atoms with Gasteiger partial charge in [-0.3, -0.25) is 0 Å². The Kier molecular flexibility index (Phi) is 3.64. The van der Waals surface area contributed by atoms with Crippen LogP contribution in [0.25, 0.3) is 10.9 Å². The van der Waals surface area contributed by atoms with E-state index in [2.05, 4.69) is 51.6 Å². The number of fused-ring (bicyclic) bond motifs is 2. The van der Waals surface area contributed by atoms with Crippen molar-refractivity contribution in [1.29, 1.82) is 0 Å². The van der Waals surface area contributed by atoms with Gasteiger partial charge in [-0.15, -0.1) is 0 Å². The molecule has 0 amide bonds. The minimum absolute atomic E-state index is 0.409. The van der Waals surface area contributed by atoms with Crippen LogP contribution in [0.1, 0.15) is 23.5 Å². The number of rotatable bonds is 3. The minimum atomic E-state index is 0.409. The molecule has 2 aromatic heterocycles. The maximum atomic E-state index is 5.15. The molecule has 2 N–H and O–H groups in total. The monoisotopic (exact) mass is 348 g/mol. The SMILES string of the molecule is COc1ccc(N[C@@H]2C[C@@H]3c4cccc5[nH]cc(c45)C[C@H]3N(C)C2)cn1. The summed E-state index contributed by atoms with van der Waals surface area (Å²) in [5.41, 5.74) is 5.29. The third-order valence-electron chi connectivity index (χ3n) is 6.04. The zero-order valence-corrected chi connectivity index (χ0v) is 15.2. The van der Waals surface area contributed by atoms with Crippen molar-refractivity contribution in [1.82, 2.24) is 14.9 Å². The predicted molar refractivity (Wildman–Crippen MR) is 104 cm³/mol. The Bertz CT molecular complexity index is 933. The second-order valence-electron chi connectivity index (χ2n) is 7.57. The number of piperidine rings is 1. The van der Waals surface area contributed by atoms with Crippen LogP contribution in [0.3, 0.4) is 0 Å². The lowest BCUT2D eigenvalue weighted by Gasteiger charge is -2.45. The molecule has 1 aromatic carbocycles. The van der Waals surface area contributed by atoms with Crippen LogP contribution in [0.5, 0.6) is 5.88 Å². The fourth-order valence-electron chi connectivity index (χ4n) is 4.87. The molecule has 0 radical (unpaired) electrons. The highest BCUT2D eigenvalue weighted by molar-refractivity contribution is 5.88. The molecule has 3 aromatic rings. The van der Waals surface area contributed by atoms with E-state index in [9.17, 15) is 0 Å². The molecule has 0 spiro atoms. The molecular formula is C21H24N4O. The standard InChI is InChI=1S/C21H24N4O/c1-25-12-15(24-14-6-7-20(26-2)23-11-14)9-17-16-4-3-5-18-21(16)13(10-22-18)8-19(17)25/h3-7,10-11,15,17,19,22,24H,8-9,12H2,1-2H3/t15-,17-,19-/m1/s1. The number of ether oxygens (including phenoxy) is 1. The van der Waals surface area contributed by atoms with Crippen molar-refractivity contribution in [2.45, 2.75) is 30.8 Å². The molecule has 0 saturated carbocycles. The lowest BCUT2D eigenvalue weighted by atomic mass is 9.74. The first-order valence-electron chi connectivity index (χ1n) is 9.28. The zero-order valence-electron chi connectivity index (χ0n) is 15.2. The molecule has 1 fully saturated rings. The fraction of sp³-hybridized carbons (Fsp3) is 0.381. The van der Waals surface area contributed by atoms with Crippen molar-refractivity contribution in [2.24, 2.45) is 0 Å². The molecule has 1 aliphatic heterocycles. The summed E-state index contributed by atoms with van der Waals surface area (Å²) in [5.74, 6) is 1.21. The first kappa shape index (κ1) is 15.7. The second-order valence-corrected chi connectivity index (χ2v) is 7.57. The third-order valence-corrected chi connectivity index (χ3v) is 6.04. The lowest BCUT2D eigenvalue weighted by molar-refractivity contribution is 0.147. The third kappa shape index (κ3) is 2.46. The fourth-order valence-corrected chi connectivity index (χ4v) is 4.87. The summed E-state index contributed by atoms with van der Waals surface area (Å²) in [6.07, 6.45) is 6.34. The molecular weight excluding hydrogens is 324 g/mol. The lowest BCUT2D eigenvalue weighted by Crippen LogP contribution is -2.51. The average Bonchev–Trinajstić information content (AvgIpc) is 3.08. The van der Waals surface area contributed by atoms with Gasteiger partial charge in [-0.1, -0.05) is 12.1 Å². The largest absolute Gasteiger partial charge is 0.481 e. The summed E-state index contributed by atoms with van der Waals surface area (Å²) in [7, 11) is 3.90. The molecule has 3 atom stereocenters. The Hall–Kier alpha value is -2.53. The van der Waals surface area contributed by atoms with Crippen LogP contribution in [0, 0.1) is 0 Å². The number of likely N-dealkylation sites (tertiary alicyclic amines) is 1. The number of methoxy groups -OCH3 is 1. The number of anilines is 1. The van der Waals surface area contributed by atoms with E-state index in [4.69, 9.17) is 4.74 Å². The summed E-state index contributed by atoms with van der Waals surface area (Å²) < 4.78 is 5.15. The molecule has 0 unspecified atom stereocenters. The smallest absolute Gasteiger partial charge is 0.213 e. The number of nitrogens with zero attached hydrogens (tertiary/aromatic N) is 2. The van der Waals surface area contributed by atoms with E-state index in [1.165, 1.54) is 22.0 Å². The van der Waals surface area contributed by atoms with Gasteiger partial charge in [0, 0.05) is 47.7 Å². The van der Waals surface area contributed by atoms with Gasteiger partial charge < -0.3 is 19.9 Å². The van der Waals surface area contributed by atoms with Gasteiger partial charge in [0.25, 0.3) is 0 Å². The molecule has 3 heterocycles. The molecule has 1 aliphatic carbocycles. The molecule has 2 aliphatic rings. The van der Waals surface area contributed by atoms with Crippen LogP contribution in [0.15, 0.2) is 42.7 Å². The predicted octanol–water partition coefficient (Wildman–Crippen LogP) is 3.40. The van der Waals surface area contributed by atoms with E-state index in [-0.39, 0.29) is 0 Å². The Morgan fingerprint density at radius 3 is 3.00 bits per heavy atom. The second kappa shape index (κ2) is 6.02. The van der Waals surface area contributed by atoms with Gasteiger partial charge >= 0.3 is 0 Å². The van der Waals surface area contributed by atoms with E-state index in [1.54, 1.807) is 7.11 Å². The van der Waals surface area contributed by atoms with Gasteiger partial charge in [-0.05, 0) is 43.1 Å². The summed E-state index contributed by atoms with van der Waals surface area (Å²) in [6, 6.07) is 11.6. The van der Waals surface area contributed by atoms with E-state index in [0.717, 1.165) is 25.1 Å². The number of H-pyrrole nitrogens is 1. The summed E-state index contributed by atoms with van der Waals surface area (Å²) in [6.45, 7) is 1.04. The Morgan fingerprint density at radius 1 is 1.27 bits per heavy atom. The summed E-state index contributed by atoms with van der Waals surface area (Å²) in [4.78, 5) is 10.3. The molecule has 26 heavy (non-hydrogen) atoms. The Morgan fingerprint density at radius 2 is 2.19 bits per heavy atom. The number of pyridine rings is 1. The number of hydrogen-bond donors (Lipinski definition) is 2. The van der Waals surface area contributed by atoms with Crippen molar-refractivity contribution in [3.05, 3.63) is 53.9 Å². The number of benzene rings is 1. The van der Waals surface area contributed by atoms with Crippen LogP contribution in [-0.2, 0) is 6.42 Å². The Labute approximate surface area is 153 Å². The van der Waals surface area contributed by atoms with Crippen LogP contribution in [0.2, 0.25) is 0 Å². The minimum Gasteiger partial charge on any atom is -0.481 e. The quantitative estimate of drug-likeness (QED) is 0.762. The number of hydrogen-bond acceptors (Lipinski definition) is 4. The van der Waals surface area contributed by atoms with Gasteiger partial charge in [-0.25, -0.2) is 4.98 Å². The van der Waals surface area contributed by atoms with Crippen LogP contribution in [0.4, 0.5) is 5.69 Å². The maximum absolute atomic E-state index is 5.15. The first-order valence-corrected chi connectivity index (χ1v) is 9.28. The van der Waals surface area contributed by atoms with Gasteiger partial charge in [0.2, 0.25) is 5.88 Å². The molecule has 1 saturated heterocycles. The normalized spacial score (nSPS) is 25.1. The molecule has 0 bridgehead atoms. The zero-order chi connectivity index (χ0) is 17.7. The van der Waals surface area contributed by atoms with Gasteiger partial charge in [0.15, 0.2) is 0 Å². The van der Waals surface area contributed by atoms with E-state index < -0.39 is 0 Å². The van der Waals surface area contributed by atoms with Gasteiger partial charge in [-0.2, -0.15) is 0 Å². The Balaban J connectivity index is 1.43. The topological polar surface area (TPSA) is 53.2 Å². The molecule has 134 valence electrons. The van der Waals surface area contributed by atoms with Crippen LogP contribution >= 0.6 is 0 Å². The summed E-state index contributed by atoms with van der Waals surface area (Å²) >= 11 is 0. The van der Waals surface area contributed by atoms with E-state index in [1.807, 2.05) is 18.3 Å². The van der Waals surface area contributed by atoms with Crippen molar-refractivity contribution in [3.63, 3.8) is 0 Å². The highest BCUT2D eigenvalue weighted by atomic mass is 16.5. The van der Waals surface area contributed by atoms with Crippen molar-refractivity contribution in [2.75, 3.05) is 26.0 Å². The van der Waals surface area contributed by atoms with Crippen molar-refractivity contribution in [3.8, 4) is 5.88 Å². The average molecular weight is 348 g/mol.